The zero-order valence-electron chi connectivity index (χ0n) is 17.3. The molecule has 1 aliphatic heterocycles. The number of likely N-dealkylation sites (tertiary alicyclic amines) is 1. The van der Waals surface area contributed by atoms with Gasteiger partial charge in [0.05, 0.1) is 30.2 Å². The molecule has 4 aromatic rings. The standard InChI is InChI=1S/C24H23N5O2/c1-17-10-11-19(31-23-20-7-3-2-6-18(20)12-13-25-23)16-28(17)24(30)21-8-4-5-9-22(21)29-26-14-15-27-29/h2-9,12-15,17,19H,10-11,16H2,1H3. The lowest BCUT2D eigenvalue weighted by molar-refractivity contribution is 0.0377. The number of para-hydroxylation sites is 1. The van der Waals surface area contributed by atoms with E-state index in [-0.39, 0.29) is 18.1 Å². The van der Waals surface area contributed by atoms with Crippen LogP contribution in [0.3, 0.4) is 0 Å². The molecular formula is C24H23N5O2. The summed E-state index contributed by atoms with van der Waals surface area (Å²) >= 11 is 0. The molecule has 0 radical (unpaired) electrons. The minimum Gasteiger partial charge on any atom is -0.472 e. The SMILES string of the molecule is CC1CCC(Oc2nccc3ccccc23)CN1C(=O)c1ccccc1-n1nccn1. The van der Waals surface area contributed by atoms with Crippen molar-refractivity contribution in [3.05, 3.63) is 78.8 Å². The molecule has 2 unspecified atom stereocenters. The second-order valence-corrected chi connectivity index (χ2v) is 7.80. The van der Waals surface area contributed by atoms with Gasteiger partial charge in [0, 0.05) is 17.6 Å². The number of rotatable bonds is 4. The Morgan fingerprint density at radius 2 is 1.74 bits per heavy atom. The van der Waals surface area contributed by atoms with Crippen LogP contribution in [-0.2, 0) is 0 Å². The molecule has 7 nitrogen and oxygen atoms in total. The lowest BCUT2D eigenvalue weighted by atomic mass is 9.99. The summed E-state index contributed by atoms with van der Waals surface area (Å²) in [6.07, 6.45) is 6.59. The van der Waals surface area contributed by atoms with Crippen molar-refractivity contribution >= 4 is 16.7 Å². The van der Waals surface area contributed by atoms with E-state index in [1.807, 2.05) is 59.5 Å². The Morgan fingerprint density at radius 1 is 0.968 bits per heavy atom. The molecule has 0 aliphatic carbocycles. The molecule has 2 aromatic carbocycles. The van der Waals surface area contributed by atoms with Crippen LogP contribution in [0.4, 0.5) is 0 Å². The van der Waals surface area contributed by atoms with Crippen molar-refractivity contribution in [2.45, 2.75) is 31.9 Å². The van der Waals surface area contributed by atoms with Crippen LogP contribution < -0.4 is 4.74 Å². The summed E-state index contributed by atoms with van der Waals surface area (Å²) in [4.78, 5) is 21.3. The van der Waals surface area contributed by atoms with Crippen molar-refractivity contribution in [1.29, 1.82) is 0 Å². The van der Waals surface area contributed by atoms with Crippen LogP contribution in [0.5, 0.6) is 5.88 Å². The van der Waals surface area contributed by atoms with Crippen molar-refractivity contribution in [3.63, 3.8) is 0 Å². The van der Waals surface area contributed by atoms with E-state index in [0.29, 0.717) is 23.7 Å². The maximum Gasteiger partial charge on any atom is 0.256 e. The molecule has 7 heteroatoms. The normalized spacial score (nSPS) is 18.8. The fourth-order valence-electron chi connectivity index (χ4n) is 4.12. The van der Waals surface area contributed by atoms with E-state index in [4.69, 9.17) is 4.74 Å². The highest BCUT2D eigenvalue weighted by Gasteiger charge is 2.32. The maximum atomic E-state index is 13.5. The third-order valence-electron chi connectivity index (χ3n) is 5.78. The van der Waals surface area contributed by atoms with Gasteiger partial charge in [-0.3, -0.25) is 4.79 Å². The number of benzene rings is 2. The van der Waals surface area contributed by atoms with Crippen LogP contribution >= 0.6 is 0 Å². The molecule has 3 heterocycles. The molecule has 1 aliphatic rings. The second kappa shape index (κ2) is 8.18. The highest BCUT2D eigenvalue weighted by Crippen LogP contribution is 2.28. The molecule has 5 rings (SSSR count). The van der Waals surface area contributed by atoms with Gasteiger partial charge in [0.2, 0.25) is 5.88 Å². The van der Waals surface area contributed by atoms with E-state index in [1.165, 1.54) is 4.80 Å². The summed E-state index contributed by atoms with van der Waals surface area (Å²) in [5, 5.41) is 10.5. The second-order valence-electron chi connectivity index (χ2n) is 7.80. The summed E-state index contributed by atoms with van der Waals surface area (Å²) in [5.41, 5.74) is 1.25. The predicted octanol–water partition coefficient (Wildman–Crippen LogP) is 3.89. The van der Waals surface area contributed by atoms with Crippen molar-refractivity contribution in [2.75, 3.05) is 6.54 Å². The number of hydrogen-bond acceptors (Lipinski definition) is 5. The number of ether oxygens (including phenoxy) is 1. The van der Waals surface area contributed by atoms with Crippen LogP contribution in [0.1, 0.15) is 30.1 Å². The Labute approximate surface area is 180 Å². The van der Waals surface area contributed by atoms with E-state index >= 15 is 0 Å². The zero-order valence-corrected chi connectivity index (χ0v) is 17.3. The quantitative estimate of drug-likeness (QED) is 0.508. The number of aromatic nitrogens is 4. The molecule has 0 N–H and O–H groups in total. The third kappa shape index (κ3) is 3.74. The predicted molar refractivity (Wildman–Crippen MR) is 117 cm³/mol. The van der Waals surface area contributed by atoms with Gasteiger partial charge in [-0.15, -0.1) is 0 Å². The van der Waals surface area contributed by atoms with Gasteiger partial charge in [-0.25, -0.2) is 4.98 Å². The van der Waals surface area contributed by atoms with Crippen molar-refractivity contribution in [1.82, 2.24) is 24.9 Å². The minimum absolute atomic E-state index is 0.0421. The largest absolute Gasteiger partial charge is 0.472 e. The highest BCUT2D eigenvalue weighted by atomic mass is 16.5. The summed E-state index contributed by atoms with van der Waals surface area (Å²) in [6.45, 7) is 2.59. The van der Waals surface area contributed by atoms with Crippen LogP contribution in [-0.4, -0.2) is 49.5 Å². The minimum atomic E-state index is -0.117. The lowest BCUT2D eigenvalue weighted by Crippen LogP contribution is -2.49. The molecule has 0 spiro atoms. The van der Waals surface area contributed by atoms with Crippen LogP contribution in [0.25, 0.3) is 16.5 Å². The summed E-state index contributed by atoms with van der Waals surface area (Å²) in [5.74, 6) is 0.575. The topological polar surface area (TPSA) is 73.1 Å². The zero-order chi connectivity index (χ0) is 21.2. The van der Waals surface area contributed by atoms with E-state index in [0.717, 1.165) is 23.6 Å². The Kier molecular flexibility index (Phi) is 5.08. The fourth-order valence-corrected chi connectivity index (χ4v) is 4.12. The van der Waals surface area contributed by atoms with Crippen molar-refractivity contribution in [3.8, 4) is 11.6 Å². The van der Waals surface area contributed by atoms with E-state index < -0.39 is 0 Å². The first-order valence-electron chi connectivity index (χ1n) is 10.5. The van der Waals surface area contributed by atoms with Crippen molar-refractivity contribution < 1.29 is 9.53 Å². The highest BCUT2D eigenvalue weighted by molar-refractivity contribution is 5.98. The Morgan fingerprint density at radius 3 is 2.61 bits per heavy atom. The molecule has 2 aromatic heterocycles. The number of hydrogen-bond donors (Lipinski definition) is 0. The molecular weight excluding hydrogens is 390 g/mol. The van der Waals surface area contributed by atoms with Crippen LogP contribution in [0, 0.1) is 0 Å². The smallest absolute Gasteiger partial charge is 0.256 e. The summed E-state index contributed by atoms with van der Waals surface area (Å²) in [7, 11) is 0. The lowest BCUT2D eigenvalue weighted by Gasteiger charge is -2.38. The average Bonchev–Trinajstić information content (AvgIpc) is 3.35. The van der Waals surface area contributed by atoms with Gasteiger partial charge < -0.3 is 9.64 Å². The number of fused-ring (bicyclic) bond motifs is 1. The van der Waals surface area contributed by atoms with Gasteiger partial charge in [-0.1, -0.05) is 30.3 Å². The van der Waals surface area contributed by atoms with Gasteiger partial charge in [0.1, 0.15) is 6.10 Å². The van der Waals surface area contributed by atoms with Gasteiger partial charge in [0.25, 0.3) is 5.91 Å². The number of piperidine rings is 1. The number of carbonyl (C=O) groups excluding carboxylic acids is 1. The van der Waals surface area contributed by atoms with Crippen molar-refractivity contribution in [2.24, 2.45) is 0 Å². The fraction of sp³-hybridized carbons (Fsp3) is 0.250. The Bertz CT molecular complexity index is 1200. The monoisotopic (exact) mass is 413 g/mol. The van der Waals surface area contributed by atoms with E-state index in [9.17, 15) is 4.79 Å². The number of nitrogens with zero attached hydrogens (tertiary/aromatic N) is 5. The molecule has 1 saturated heterocycles. The molecule has 1 amide bonds. The van der Waals surface area contributed by atoms with Crippen LogP contribution in [0.15, 0.2) is 73.2 Å². The maximum absolute atomic E-state index is 13.5. The van der Waals surface area contributed by atoms with Gasteiger partial charge in [-0.2, -0.15) is 15.0 Å². The molecule has 31 heavy (non-hydrogen) atoms. The first-order valence-corrected chi connectivity index (χ1v) is 10.5. The van der Waals surface area contributed by atoms with Gasteiger partial charge >= 0.3 is 0 Å². The molecule has 2 atom stereocenters. The summed E-state index contributed by atoms with van der Waals surface area (Å²) in [6, 6.07) is 17.6. The van der Waals surface area contributed by atoms with Crippen LogP contribution in [0.2, 0.25) is 0 Å². The number of amides is 1. The van der Waals surface area contributed by atoms with Gasteiger partial charge in [-0.05, 0) is 49.4 Å². The van der Waals surface area contributed by atoms with Gasteiger partial charge in [0.15, 0.2) is 0 Å². The average molecular weight is 413 g/mol. The number of carbonyl (C=O) groups is 1. The molecule has 0 saturated carbocycles. The molecule has 0 bridgehead atoms. The number of pyridine rings is 1. The third-order valence-corrected chi connectivity index (χ3v) is 5.78. The first kappa shape index (κ1) is 19.2. The Balaban J connectivity index is 1.40. The summed E-state index contributed by atoms with van der Waals surface area (Å²) < 4.78 is 6.30. The molecule has 156 valence electrons. The first-order chi connectivity index (χ1) is 15.2. The molecule has 1 fully saturated rings. The Hall–Kier alpha value is -3.74. The van der Waals surface area contributed by atoms with E-state index in [1.54, 1.807) is 18.6 Å². The van der Waals surface area contributed by atoms with E-state index in [2.05, 4.69) is 22.1 Å².